The molecule has 0 heterocycles. The minimum atomic E-state index is -0.991. The number of halogens is 2. The normalized spacial score (nSPS) is 10.4. The molecule has 0 fully saturated rings. The first-order valence-corrected chi connectivity index (χ1v) is 5.82. The molecule has 2 aromatic carbocycles. The first kappa shape index (κ1) is 13.2. The second kappa shape index (κ2) is 5.61. The number of carboxylic acids is 1. The summed E-state index contributed by atoms with van der Waals surface area (Å²) in [5.74, 6) is -2.17. The first-order valence-electron chi connectivity index (χ1n) is 5.82. The molecule has 0 aliphatic heterocycles. The van der Waals surface area contributed by atoms with Crippen LogP contribution in [0.5, 0.6) is 0 Å². The molecule has 0 unspecified atom stereocenters. The van der Waals surface area contributed by atoms with Gasteiger partial charge in [0.25, 0.3) is 0 Å². The van der Waals surface area contributed by atoms with Gasteiger partial charge in [-0.3, -0.25) is 0 Å². The number of carboxylic acid groups (broad SMARTS) is 1. The van der Waals surface area contributed by atoms with Crippen molar-refractivity contribution in [2.75, 3.05) is 0 Å². The second-order valence-electron chi connectivity index (χ2n) is 4.24. The highest BCUT2D eigenvalue weighted by Gasteiger charge is 2.06. The first-order chi connectivity index (χ1) is 9.06. The molecule has 0 atom stereocenters. The van der Waals surface area contributed by atoms with E-state index in [2.05, 4.69) is 0 Å². The molecular weight excluding hydrogens is 250 g/mol. The van der Waals surface area contributed by atoms with Gasteiger partial charge in [-0.25, -0.2) is 13.6 Å². The summed E-state index contributed by atoms with van der Waals surface area (Å²) in [5, 5.41) is 8.87. The zero-order valence-electron chi connectivity index (χ0n) is 10.1. The van der Waals surface area contributed by atoms with E-state index < -0.39 is 17.6 Å². The van der Waals surface area contributed by atoms with Crippen molar-refractivity contribution in [3.05, 3.63) is 70.8 Å². The molecule has 0 amide bonds. The van der Waals surface area contributed by atoms with E-state index in [0.29, 0.717) is 18.4 Å². The molecule has 0 aromatic heterocycles. The van der Waals surface area contributed by atoms with E-state index in [4.69, 9.17) is 5.11 Å². The highest BCUT2D eigenvalue weighted by atomic mass is 19.1. The summed E-state index contributed by atoms with van der Waals surface area (Å²) in [7, 11) is 0. The lowest BCUT2D eigenvalue weighted by Crippen LogP contribution is -1.99. The fraction of sp³-hybridized carbons (Fsp3) is 0.133. The molecular formula is C15H12F2O2. The van der Waals surface area contributed by atoms with E-state index in [1.807, 2.05) is 0 Å². The zero-order valence-corrected chi connectivity index (χ0v) is 10.1. The second-order valence-corrected chi connectivity index (χ2v) is 4.24. The summed E-state index contributed by atoms with van der Waals surface area (Å²) in [5.41, 5.74) is 1.43. The Balaban J connectivity index is 2.10. The number of carbonyl (C=O) groups is 1. The molecule has 2 rings (SSSR count). The molecule has 2 nitrogen and oxygen atoms in total. The maximum absolute atomic E-state index is 13.4. The third-order valence-electron chi connectivity index (χ3n) is 2.87. The summed E-state index contributed by atoms with van der Waals surface area (Å²) >= 11 is 0. The Labute approximate surface area is 109 Å². The standard InChI is InChI=1S/C15H12F2O2/c16-13-7-6-11(14(17)9-13)5-4-10-2-1-3-12(8-10)15(18)19/h1-3,6-9H,4-5H2,(H,18,19). The van der Waals surface area contributed by atoms with E-state index in [1.54, 1.807) is 18.2 Å². The van der Waals surface area contributed by atoms with Crippen molar-refractivity contribution >= 4 is 5.97 Å². The van der Waals surface area contributed by atoms with Crippen LogP contribution in [0.15, 0.2) is 42.5 Å². The largest absolute Gasteiger partial charge is 0.478 e. The van der Waals surface area contributed by atoms with Crippen molar-refractivity contribution in [2.45, 2.75) is 12.8 Å². The number of rotatable bonds is 4. The highest BCUT2D eigenvalue weighted by Crippen LogP contribution is 2.14. The summed E-state index contributed by atoms with van der Waals surface area (Å²) in [4.78, 5) is 10.8. The lowest BCUT2D eigenvalue weighted by molar-refractivity contribution is 0.0696. The van der Waals surface area contributed by atoms with Crippen LogP contribution in [0.1, 0.15) is 21.5 Å². The van der Waals surface area contributed by atoms with E-state index in [-0.39, 0.29) is 5.56 Å². The molecule has 0 saturated heterocycles. The molecule has 2 aromatic rings. The average Bonchev–Trinajstić information content (AvgIpc) is 2.38. The van der Waals surface area contributed by atoms with Crippen molar-refractivity contribution in [1.29, 1.82) is 0 Å². The third-order valence-corrected chi connectivity index (χ3v) is 2.87. The Morgan fingerprint density at radius 3 is 2.53 bits per heavy atom. The molecule has 4 heteroatoms. The van der Waals surface area contributed by atoms with E-state index in [9.17, 15) is 13.6 Å². The Hall–Kier alpha value is -2.23. The fourth-order valence-corrected chi connectivity index (χ4v) is 1.86. The van der Waals surface area contributed by atoms with Gasteiger partial charge in [0.15, 0.2) is 0 Å². The zero-order chi connectivity index (χ0) is 13.8. The van der Waals surface area contributed by atoms with Crippen molar-refractivity contribution in [1.82, 2.24) is 0 Å². The maximum Gasteiger partial charge on any atom is 0.335 e. The molecule has 0 aliphatic carbocycles. The van der Waals surface area contributed by atoms with Gasteiger partial charge >= 0.3 is 5.97 Å². The van der Waals surface area contributed by atoms with Crippen LogP contribution in [-0.4, -0.2) is 11.1 Å². The minimum absolute atomic E-state index is 0.206. The van der Waals surface area contributed by atoms with Crippen LogP contribution in [0.4, 0.5) is 8.78 Å². The third kappa shape index (κ3) is 3.37. The van der Waals surface area contributed by atoms with Gasteiger partial charge in [-0.05, 0) is 42.2 Å². The molecule has 0 spiro atoms. The van der Waals surface area contributed by atoms with Crippen LogP contribution in [0.2, 0.25) is 0 Å². The number of hydrogen-bond acceptors (Lipinski definition) is 1. The molecule has 0 bridgehead atoms. The van der Waals surface area contributed by atoms with Gasteiger partial charge < -0.3 is 5.11 Å². The lowest BCUT2D eigenvalue weighted by Gasteiger charge is -2.05. The van der Waals surface area contributed by atoms with E-state index in [0.717, 1.165) is 11.6 Å². The van der Waals surface area contributed by atoms with Crippen molar-refractivity contribution in [3.8, 4) is 0 Å². The number of hydrogen-bond donors (Lipinski definition) is 1. The molecule has 19 heavy (non-hydrogen) atoms. The number of aromatic carboxylic acids is 1. The fourth-order valence-electron chi connectivity index (χ4n) is 1.86. The summed E-state index contributed by atoms with van der Waals surface area (Å²) in [6.07, 6.45) is 0.902. The molecule has 1 N–H and O–H groups in total. The van der Waals surface area contributed by atoms with E-state index >= 15 is 0 Å². The Morgan fingerprint density at radius 1 is 1.05 bits per heavy atom. The summed E-state index contributed by atoms with van der Waals surface area (Å²) < 4.78 is 26.2. The SMILES string of the molecule is O=C(O)c1cccc(CCc2ccc(F)cc2F)c1. The van der Waals surface area contributed by atoms with Gasteiger partial charge in [0.05, 0.1) is 5.56 Å². The molecule has 98 valence electrons. The smallest absolute Gasteiger partial charge is 0.335 e. The van der Waals surface area contributed by atoms with Gasteiger partial charge in [0.2, 0.25) is 0 Å². The van der Waals surface area contributed by atoms with Crippen LogP contribution < -0.4 is 0 Å². The van der Waals surface area contributed by atoms with Crippen LogP contribution in [0, 0.1) is 11.6 Å². The van der Waals surface area contributed by atoms with Crippen LogP contribution in [0.3, 0.4) is 0 Å². The molecule has 0 aliphatic rings. The Morgan fingerprint density at radius 2 is 1.84 bits per heavy atom. The average molecular weight is 262 g/mol. The van der Waals surface area contributed by atoms with E-state index in [1.165, 1.54) is 18.2 Å². The maximum atomic E-state index is 13.4. The summed E-state index contributed by atoms with van der Waals surface area (Å²) in [6.45, 7) is 0. The molecule has 0 saturated carbocycles. The Kier molecular flexibility index (Phi) is 3.90. The number of aryl methyl sites for hydroxylation is 2. The topological polar surface area (TPSA) is 37.3 Å². The van der Waals surface area contributed by atoms with Gasteiger partial charge in [-0.1, -0.05) is 18.2 Å². The highest BCUT2D eigenvalue weighted by molar-refractivity contribution is 5.87. The Bertz CT molecular complexity index is 609. The van der Waals surface area contributed by atoms with Gasteiger partial charge in [0, 0.05) is 6.07 Å². The van der Waals surface area contributed by atoms with Crippen LogP contribution in [-0.2, 0) is 12.8 Å². The quantitative estimate of drug-likeness (QED) is 0.916. The van der Waals surface area contributed by atoms with Gasteiger partial charge in [-0.2, -0.15) is 0 Å². The summed E-state index contributed by atoms with van der Waals surface area (Å²) in [6, 6.07) is 9.97. The molecule has 0 radical (unpaired) electrons. The van der Waals surface area contributed by atoms with Crippen LogP contribution in [0.25, 0.3) is 0 Å². The van der Waals surface area contributed by atoms with Crippen molar-refractivity contribution < 1.29 is 18.7 Å². The predicted molar refractivity (Wildman–Crippen MR) is 67.2 cm³/mol. The van der Waals surface area contributed by atoms with Crippen molar-refractivity contribution in [2.24, 2.45) is 0 Å². The van der Waals surface area contributed by atoms with Crippen molar-refractivity contribution in [3.63, 3.8) is 0 Å². The van der Waals surface area contributed by atoms with Crippen LogP contribution >= 0.6 is 0 Å². The lowest BCUT2D eigenvalue weighted by atomic mass is 10.0. The monoisotopic (exact) mass is 262 g/mol. The van der Waals surface area contributed by atoms with Gasteiger partial charge in [-0.15, -0.1) is 0 Å². The minimum Gasteiger partial charge on any atom is -0.478 e. The number of benzene rings is 2. The van der Waals surface area contributed by atoms with Gasteiger partial charge in [0.1, 0.15) is 11.6 Å². The predicted octanol–water partition coefficient (Wildman–Crippen LogP) is 3.45.